The predicted molar refractivity (Wildman–Crippen MR) is 86.3 cm³/mol. The van der Waals surface area contributed by atoms with E-state index in [1.165, 1.54) is 0 Å². The maximum absolute atomic E-state index is 12.3. The molecule has 0 unspecified atom stereocenters. The number of amides is 1. The molecule has 0 atom stereocenters. The van der Waals surface area contributed by atoms with Crippen molar-refractivity contribution in [1.82, 2.24) is 0 Å². The molecule has 2 aromatic rings. The molecule has 0 fully saturated rings. The highest BCUT2D eigenvalue weighted by Gasteiger charge is 2.12. The van der Waals surface area contributed by atoms with Gasteiger partial charge in [-0.25, -0.2) is 0 Å². The SMILES string of the molecule is CCCCOc1ccccc1NC(=O)c1ccccc1Cl. The van der Waals surface area contributed by atoms with Crippen LogP contribution in [-0.2, 0) is 0 Å². The fraction of sp³-hybridized carbons (Fsp3) is 0.235. The Hall–Kier alpha value is -2.00. The standard InChI is InChI=1S/C17H18ClNO2/c1-2-3-12-21-16-11-7-6-10-15(16)19-17(20)13-8-4-5-9-14(13)18/h4-11H,2-3,12H2,1H3,(H,19,20). The summed E-state index contributed by atoms with van der Waals surface area (Å²) in [6.07, 6.45) is 2.04. The normalized spacial score (nSPS) is 10.2. The Morgan fingerprint density at radius 2 is 1.86 bits per heavy atom. The Kier molecular flexibility index (Phi) is 5.64. The van der Waals surface area contributed by atoms with E-state index in [9.17, 15) is 4.79 Å². The molecule has 0 aliphatic heterocycles. The summed E-state index contributed by atoms with van der Waals surface area (Å²) < 4.78 is 5.70. The summed E-state index contributed by atoms with van der Waals surface area (Å²) in [5.74, 6) is 0.429. The van der Waals surface area contributed by atoms with Gasteiger partial charge < -0.3 is 10.1 Å². The zero-order chi connectivity index (χ0) is 15.1. The fourth-order valence-electron chi connectivity index (χ4n) is 1.86. The van der Waals surface area contributed by atoms with Crippen LogP contribution in [0.5, 0.6) is 5.75 Å². The van der Waals surface area contributed by atoms with Crippen LogP contribution in [0.2, 0.25) is 5.02 Å². The molecule has 0 spiro atoms. The summed E-state index contributed by atoms with van der Waals surface area (Å²) in [5, 5.41) is 3.28. The van der Waals surface area contributed by atoms with E-state index in [1.54, 1.807) is 24.3 Å². The van der Waals surface area contributed by atoms with E-state index in [2.05, 4.69) is 12.2 Å². The zero-order valence-corrected chi connectivity index (χ0v) is 12.7. The van der Waals surface area contributed by atoms with Crippen molar-refractivity contribution in [2.75, 3.05) is 11.9 Å². The maximum atomic E-state index is 12.3. The average molecular weight is 304 g/mol. The number of carbonyl (C=O) groups is 1. The van der Waals surface area contributed by atoms with E-state index in [1.807, 2.05) is 24.3 Å². The Morgan fingerprint density at radius 1 is 1.14 bits per heavy atom. The highest BCUT2D eigenvalue weighted by atomic mass is 35.5. The van der Waals surface area contributed by atoms with Crippen molar-refractivity contribution >= 4 is 23.2 Å². The third kappa shape index (κ3) is 4.23. The molecular formula is C17H18ClNO2. The number of benzene rings is 2. The van der Waals surface area contributed by atoms with Gasteiger partial charge in [0.05, 0.1) is 22.9 Å². The number of hydrogen-bond acceptors (Lipinski definition) is 2. The van der Waals surface area contributed by atoms with Crippen LogP contribution in [-0.4, -0.2) is 12.5 Å². The Bertz CT molecular complexity index is 613. The van der Waals surface area contributed by atoms with Crippen LogP contribution in [0.4, 0.5) is 5.69 Å². The number of nitrogens with one attached hydrogen (secondary N) is 1. The van der Waals surface area contributed by atoms with E-state index in [0.717, 1.165) is 12.8 Å². The molecule has 1 amide bonds. The number of ether oxygens (including phenoxy) is 1. The van der Waals surface area contributed by atoms with Crippen molar-refractivity contribution in [3.63, 3.8) is 0 Å². The van der Waals surface area contributed by atoms with Gasteiger partial charge in [0.2, 0.25) is 0 Å². The Balaban J connectivity index is 2.12. The summed E-state index contributed by atoms with van der Waals surface area (Å²) in [6, 6.07) is 14.4. The highest BCUT2D eigenvalue weighted by molar-refractivity contribution is 6.34. The van der Waals surface area contributed by atoms with Crippen molar-refractivity contribution in [2.45, 2.75) is 19.8 Å². The minimum atomic E-state index is -0.243. The molecule has 1 N–H and O–H groups in total. The van der Waals surface area contributed by atoms with E-state index in [4.69, 9.17) is 16.3 Å². The van der Waals surface area contributed by atoms with Gasteiger partial charge >= 0.3 is 0 Å². The highest BCUT2D eigenvalue weighted by Crippen LogP contribution is 2.25. The van der Waals surface area contributed by atoms with Crippen LogP contribution in [0, 0.1) is 0 Å². The van der Waals surface area contributed by atoms with E-state index < -0.39 is 0 Å². The van der Waals surface area contributed by atoms with Gasteiger partial charge in [-0.05, 0) is 30.7 Å². The molecular weight excluding hydrogens is 286 g/mol. The van der Waals surface area contributed by atoms with Gasteiger partial charge in [-0.3, -0.25) is 4.79 Å². The number of rotatable bonds is 6. The van der Waals surface area contributed by atoms with Crippen LogP contribution >= 0.6 is 11.6 Å². The number of carbonyl (C=O) groups excluding carboxylic acids is 1. The van der Waals surface area contributed by atoms with Gasteiger partial charge in [-0.15, -0.1) is 0 Å². The third-order valence-corrected chi connectivity index (χ3v) is 3.34. The Morgan fingerprint density at radius 3 is 2.62 bits per heavy atom. The number of halogens is 1. The predicted octanol–water partition coefficient (Wildman–Crippen LogP) is 4.77. The summed E-state index contributed by atoms with van der Waals surface area (Å²) in [7, 11) is 0. The molecule has 0 bridgehead atoms. The smallest absolute Gasteiger partial charge is 0.257 e. The van der Waals surface area contributed by atoms with Crippen LogP contribution in [0.15, 0.2) is 48.5 Å². The molecule has 2 aromatic carbocycles. The third-order valence-electron chi connectivity index (χ3n) is 3.01. The lowest BCUT2D eigenvalue weighted by Gasteiger charge is -2.12. The van der Waals surface area contributed by atoms with Crippen molar-refractivity contribution in [3.05, 3.63) is 59.1 Å². The Labute approximate surface area is 129 Å². The molecule has 0 radical (unpaired) electrons. The molecule has 0 aliphatic rings. The van der Waals surface area contributed by atoms with Crippen molar-refractivity contribution < 1.29 is 9.53 Å². The first kappa shape index (κ1) is 15.4. The van der Waals surface area contributed by atoms with Gasteiger partial charge in [-0.1, -0.05) is 49.2 Å². The molecule has 2 rings (SSSR count). The first-order chi connectivity index (χ1) is 10.2. The number of anilines is 1. The molecule has 0 heterocycles. The average Bonchev–Trinajstić information content (AvgIpc) is 2.49. The molecule has 0 saturated heterocycles. The van der Waals surface area contributed by atoms with E-state index in [-0.39, 0.29) is 5.91 Å². The van der Waals surface area contributed by atoms with Gasteiger partial charge in [0, 0.05) is 0 Å². The molecule has 4 heteroatoms. The molecule has 110 valence electrons. The summed E-state index contributed by atoms with van der Waals surface area (Å²) >= 11 is 6.04. The van der Waals surface area contributed by atoms with E-state index >= 15 is 0 Å². The maximum Gasteiger partial charge on any atom is 0.257 e. The van der Waals surface area contributed by atoms with Gasteiger partial charge in [0.15, 0.2) is 0 Å². The van der Waals surface area contributed by atoms with Crippen LogP contribution in [0.1, 0.15) is 30.1 Å². The number of hydrogen-bond donors (Lipinski definition) is 1. The monoisotopic (exact) mass is 303 g/mol. The van der Waals surface area contributed by atoms with Gasteiger partial charge in [0.1, 0.15) is 5.75 Å². The number of unbranched alkanes of at least 4 members (excludes halogenated alkanes) is 1. The summed E-state index contributed by atoms with van der Waals surface area (Å²) in [4.78, 5) is 12.3. The molecule has 0 aromatic heterocycles. The van der Waals surface area contributed by atoms with Gasteiger partial charge in [0.25, 0.3) is 5.91 Å². The van der Waals surface area contributed by atoms with Crippen molar-refractivity contribution in [1.29, 1.82) is 0 Å². The largest absolute Gasteiger partial charge is 0.491 e. The number of para-hydroxylation sites is 2. The second kappa shape index (κ2) is 7.70. The summed E-state index contributed by atoms with van der Waals surface area (Å²) in [5.41, 5.74) is 1.10. The molecule has 3 nitrogen and oxygen atoms in total. The van der Waals surface area contributed by atoms with E-state index in [0.29, 0.717) is 28.6 Å². The molecule has 21 heavy (non-hydrogen) atoms. The lowest BCUT2D eigenvalue weighted by Crippen LogP contribution is -2.13. The fourth-order valence-corrected chi connectivity index (χ4v) is 2.08. The second-order valence-electron chi connectivity index (χ2n) is 4.63. The quantitative estimate of drug-likeness (QED) is 0.781. The minimum absolute atomic E-state index is 0.243. The van der Waals surface area contributed by atoms with Gasteiger partial charge in [-0.2, -0.15) is 0 Å². The minimum Gasteiger partial charge on any atom is -0.491 e. The first-order valence-electron chi connectivity index (χ1n) is 7.00. The summed E-state index contributed by atoms with van der Waals surface area (Å²) in [6.45, 7) is 2.74. The lowest BCUT2D eigenvalue weighted by molar-refractivity contribution is 0.102. The molecule has 0 aliphatic carbocycles. The van der Waals surface area contributed by atoms with Crippen LogP contribution in [0.25, 0.3) is 0 Å². The van der Waals surface area contributed by atoms with Crippen LogP contribution in [0.3, 0.4) is 0 Å². The molecule has 0 saturated carbocycles. The van der Waals surface area contributed by atoms with Crippen molar-refractivity contribution in [2.24, 2.45) is 0 Å². The lowest BCUT2D eigenvalue weighted by atomic mass is 10.2. The van der Waals surface area contributed by atoms with Crippen molar-refractivity contribution in [3.8, 4) is 5.75 Å². The first-order valence-corrected chi connectivity index (χ1v) is 7.38. The van der Waals surface area contributed by atoms with Crippen LogP contribution < -0.4 is 10.1 Å². The zero-order valence-electron chi connectivity index (χ0n) is 11.9. The second-order valence-corrected chi connectivity index (χ2v) is 5.04. The topological polar surface area (TPSA) is 38.3 Å².